The van der Waals surface area contributed by atoms with Gasteiger partial charge < -0.3 is 14.9 Å². The highest BCUT2D eigenvalue weighted by Crippen LogP contribution is 2.19. The number of nitrogens with one attached hydrogen (secondary N) is 1. The Morgan fingerprint density at radius 2 is 2.26 bits per heavy atom. The van der Waals surface area contributed by atoms with Gasteiger partial charge in [0.05, 0.1) is 11.4 Å². The Hall–Kier alpha value is -1.01. The molecule has 1 heterocycles. The molecule has 2 N–H and O–H groups in total. The van der Waals surface area contributed by atoms with Crippen LogP contribution in [0.15, 0.2) is 4.52 Å². The second kappa shape index (κ2) is 8.22. The fourth-order valence-corrected chi connectivity index (χ4v) is 2.62. The minimum absolute atomic E-state index is 0.0292. The molecule has 0 aromatic carbocycles. The molecule has 0 aliphatic carbocycles. The van der Waals surface area contributed by atoms with E-state index in [1.807, 2.05) is 20.8 Å². The van der Waals surface area contributed by atoms with Gasteiger partial charge in [0, 0.05) is 24.5 Å². The Balaban J connectivity index is 2.21. The average molecular weight is 286 g/mol. The lowest BCUT2D eigenvalue weighted by molar-refractivity contribution is -0.118. The minimum Gasteiger partial charge on any atom is -0.396 e. The molecular formula is C13H22N2O3S. The van der Waals surface area contributed by atoms with Crippen LogP contribution in [0.4, 0.5) is 0 Å². The molecule has 0 aliphatic rings. The van der Waals surface area contributed by atoms with Crippen molar-refractivity contribution in [3.8, 4) is 0 Å². The van der Waals surface area contributed by atoms with Gasteiger partial charge in [0.2, 0.25) is 5.91 Å². The highest BCUT2D eigenvalue weighted by atomic mass is 32.2. The molecule has 0 bridgehead atoms. The average Bonchev–Trinajstić information content (AvgIpc) is 2.68. The molecule has 1 unspecified atom stereocenters. The van der Waals surface area contributed by atoms with Gasteiger partial charge in [-0.1, -0.05) is 12.1 Å². The molecule has 0 saturated carbocycles. The zero-order valence-corrected chi connectivity index (χ0v) is 12.5. The third kappa shape index (κ3) is 5.65. The van der Waals surface area contributed by atoms with E-state index in [0.29, 0.717) is 24.6 Å². The second-order valence-corrected chi connectivity index (χ2v) is 5.70. The monoisotopic (exact) mass is 286 g/mol. The van der Waals surface area contributed by atoms with Gasteiger partial charge in [-0.15, -0.1) is 11.8 Å². The summed E-state index contributed by atoms with van der Waals surface area (Å²) in [5.41, 5.74) is 1.97. The number of carbonyl (C=O) groups excluding carboxylic acids is 1. The maximum Gasteiger partial charge on any atom is 0.230 e. The molecule has 1 atom stereocenters. The molecule has 1 aromatic heterocycles. The molecule has 1 rings (SSSR count). The molecule has 6 heteroatoms. The maximum atomic E-state index is 11.6. The van der Waals surface area contributed by atoms with Gasteiger partial charge >= 0.3 is 0 Å². The van der Waals surface area contributed by atoms with Crippen LogP contribution in [0.1, 0.15) is 30.4 Å². The third-order valence-corrected chi connectivity index (χ3v) is 3.89. The summed E-state index contributed by atoms with van der Waals surface area (Å²) in [4.78, 5) is 11.6. The van der Waals surface area contributed by atoms with E-state index in [1.54, 1.807) is 11.8 Å². The summed E-state index contributed by atoms with van der Waals surface area (Å²) in [6, 6.07) is 0. The predicted molar refractivity (Wildman–Crippen MR) is 76.0 cm³/mol. The second-order valence-electron chi connectivity index (χ2n) is 4.72. The minimum atomic E-state index is 0.0292. The number of aromatic nitrogens is 1. The molecule has 1 aromatic rings. The van der Waals surface area contributed by atoms with Crippen LogP contribution in [0.5, 0.6) is 0 Å². The molecule has 5 nitrogen and oxygen atoms in total. The van der Waals surface area contributed by atoms with Crippen molar-refractivity contribution >= 4 is 17.7 Å². The van der Waals surface area contributed by atoms with Gasteiger partial charge in [-0.3, -0.25) is 4.79 Å². The van der Waals surface area contributed by atoms with Crippen LogP contribution in [-0.2, 0) is 10.5 Å². The number of hydrogen-bond donors (Lipinski definition) is 2. The standard InChI is InChI=1S/C13H22N2O3S/c1-9(4-5-16)6-14-13(17)8-19-7-12-10(2)15-18-11(12)3/h9,16H,4-8H2,1-3H3,(H,14,17). The smallest absolute Gasteiger partial charge is 0.230 e. The number of aryl methyl sites for hydroxylation is 2. The molecule has 0 aliphatic heterocycles. The van der Waals surface area contributed by atoms with Crippen LogP contribution in [0, 0.1) is 19.8 Å². The van der Waals surface area contributed by atoms with E-state index in [-0.39, 0.29) is 12.5 Å². The van der Waals surface area contributed by atoms with Gasteiger partial charge in [0.25, 0.3) is 0 Å². The van der Waals surface area contributed by atoms with Gasteiger partial charge in [-0.05, 0) is 26.2 Å². The third-order valence-electron chi connectivity index (χ3n) is 2.93. The number of amides is 1. The van der Waals surface area contributed by atoms with E-state index >= 15 is 0 Å². The Bertz CT molecular complexity index is 387. The SMILES string of the molecule is Cc1noc(C)c1CSCC(=O)NCC(C)CCO. The van der Waals surface area contributed by atoms with Crippen molar-refractivity contribution in [1.29, 1.82) is 0 Å². The Morgan fingerprint density at radius 1 is 1.53 bits per heavy atom. The van der Waals surface area contributed by atoms with E-state index in [9.17, 15) is 4.79 Å². The van der Waals surface area contributed by atoms with Crippen LogP contribution < -0.4 is 5.32 Å². The molecule has 19 heavy (non-hydrogen) atoms. The zero-order valence-electron chi connectivity index (χ0n) is 11.7. The van der Waals surface area contributed by atoms with Crippen molar-refractivity contribution in [1.82, 2.24) is 10.5 Å². The van der Waals surface area contributed by atoms with Crippen LogP contribution in [0.2, 0.25) is 0 Å². The number of thioether (sulfide) groups is 1. The molecule has 0 radical (unpaired) electrons. The first-order valence-corrected chi connectivity index (χ1v) is 7.57. The van der Waals surface area contributed by atoms with Crippen LogP contribution >= 0.6 is 11.8 Å². The lowest BCUT2D eigenvalue weighted by Gasteiger charge is -2.10. The maximum absolute atomic E-state index is 11.6. The van der Waals surface area contributed by atoms with E-state index in [1.165, 1.54) is 0 Å². The van der Waals surface area contributed by atoms with E-state index in [4.69, 9.17) is 9.63 Å². The number of carbonyl (C=O) groups is 1. The van der Waals surface area contributed by atoms with Gasteiger partial charge in [-0.2, -0.15) is 0 Å². The molecular weight excluding hydrogens is 264 g/mol. The summed E-state index contributed by atoms with van der Waals surface area (Å²) in [5.74, 6) is 2.32. The summed E-state index contributed by atoms with van der Waals surface area (Å²) in [6.07, 6.45) is 0.715. The van der Waals surface area contributed by atoms with E-state index < -0.39 is 0 Å². The van der Waals surface area contributed by atoms with Crippen molar-refractivity contribution in [3.63, 3.8) is 0 Å². The highest BCUT2D eigenvalue weighted by molar-refractivity contribution is 7.99. The number of rotatable bonds is 8. The summed E-state index contributed by atoms with van der Waals surface area (Å²) in [7, 11) is 0. The van der Waals surface area contributed by atoms with E-state index in [2.05, 4.69) is 10.5 Å². The van der Waals surface area contributed by atoms with Crippen molar-refractivity contribution in [3.05, 3.63) is 17.0 Å². The summed E-state index contributed by atoms with van der Waals surface area (Å²) < 4.78 is 5.07. The quantitative estimate of drug-likeness (QED) is 0.760. The fraction of sp³-hybridized carbons (Fsp3) is 0.692. The topological polar surface area (TPSA) is 75.4 Å². The predicted octanol–water partition coefficient (Wildman–Crippen LogP) is 1.66. The Labute approximate surface area is 118 Å². The number of aliphatic hydroxyl groups excluding tert-OH is 1. The first-order chi connectivity index (χ1) is 9.04. The van der Waals surface area contributed by atoms with Crippen LogP contribution in [-0.4, -0.2) is 35.1 Å². The summed E-state index contributed by atoms with van der Waals surface area (Å²) in [6.45, 7) is 6.58. The molecule has 0 saturated heterocycles. The highest BCUT2D eigenvalue weighted by Gasteiger charge is 2.10. The molecule has 108 valence electrons. The normalized spacial score (nSPS) is 12.4. The zero-order chi connectivity index (χ0) is 14.3. The Morgan fingerprint density at radius 3 is 2.84 bits per heavy atom. The van der Waals surface area contributed by atoms with Crippen LogP contribution in [0.25, 0.3) is 0 Å². The number of nitrogens with zero attached hydrogens (tertiary/aromatic N) is 1. The van der Waals surface area contributed by atoms with Crippen LogP contribution in [0.3, 0.4) is 0 Å². The molecule has 0 spiro atoms. The first kappa shape index (κ1) is 16.0. The van der Waals surface area contributed by atoms with Crippen molar-refractivity contribution < 1.29 is 14.4 Å². The fourth-order valence-electron chi connectivity index (χ4n) is 1.62. The summed E-state index contributed by atoms with van der Waals surface area (Å²) >= 11 is 1.55. The van der Waals surface area contributed by atoms with Crippen molar-refractivity contribution in [2.45, 2.75) is 32.9 Å². The lowest BCUT2D eigenvalue weighted by Crippen LogP contribution is -2.30. The van der Waals surface area contributed by atoms with Crippen molar-refractivity contribution in [2.75, 3.05) is 18.9 Å². The van der Waals surface area contributed by atoms with Gasteiger partial charge in [-0.25, -0.2) is 0 Å². The van der Waals surface area contributed by atoms with Gasteiger partial charge in [0.15, 0.2) is 0 Å². The van der Waals surface area contributed by atoms with E-state index in [0.717, 1.165) is 22.8 Å². The largest absolute Gasteiger partial charge is 0.396 e. The molecule has 1 amide bonds. The van der Waals surface area contributed by atoms with Gasteiger partial charge in [0.1, 0.15) is 5.76 Å². The van der Waals surface area contributed by atoms with Crippen molar-refractivity contribution in [2.24, 2.45) is 5.92 Å². The first-order valence-electron chi connectivity index (χ1n) is 6.41. The molecule has 0 fully saturated rings. The Kier molecular flexibility index (Phi) is 6.94. The summed E-state index contributed by atoms with van der Waals surface area (Å²) in [5, 5.41) is 15.5. The lowest BCUT2D eigenvalue weighted by atomic mass is 10.1. The number of aliphatic hydroxyl groups is 1. The number of hydrogen-bond acceptors (Lipinski definition) is 5.